The average molecular weight is 456 g/mol. The molecule has 3 heterocycles. The van der Waals surface area contributed by atoms with Crippen molar-refractivity contribution >= 4 is 40.1 Å². The smallest absolute Gasteiger partial charge is 0.356 e. The van der Waals surface area contributed by atoms with Gasteiger partial charge in [0.25, 0.3) is 5.56 Å². The van der Waals surface area contributed by atoms with Crippen molar-refractivity contribution in [3.05, 3.63) is 56.6 Å². The van der Waals surface area contributed by atoms with Crippen LogP contribution in [-0.2, 0) is 7.05 Å². The summed E-state index contributed by atoms with van der Waals surface area (Å²) in [5.74, 6) is -0.505. The van der Waals surface area contributed by atoms with E-state index in [9.17, 15) is 14.7 Å². The van der Waals surface area contributed by atoms with Gasteiger partial charge in [0.2, 0.25) is 5.95 Å². The van der Waals surface area contributed by atoms with Crippen LogP contribution in [0.25, 0.3) is 10.9 Å². The Morgan fingerprint density at radius 3 is 2.59 bits per heavy atom. The van der Waals surface area contributed by atoms with E-state index >= 15 is 0 Å². The normalized spacial score (nSPS) is 15.1. The lowest BCUT2D eigenvalue weighted by molar-refractivity contribution is 0.0691. The van der Waals surface area contributed by atoms with Crippen molar-refractivity contribution in [1.29, 1.82) is 0 Å². The molecule has 1 fully saturated rings. The van der Waals surface area contributed by atoms with Gasteiger partial charge in [0, 0.05) is 25.7 Å². The summed E-state index contributed by atoms with van der Waals surface area (Å²) >= 11 is 5.88. The highest BCUT2D eigenvalue weighted by Crippen LogP contribution is 2.29. The number of nitrogens with zero attached hydrogens (tertiary/aromatic N) is 4. The second-order valence-electron chi connectivity index (χ2n) is 8.28. The lowest BCUT2D eigenvalue weighted by Gasteiger charge is -2.29. The highest BCUT2D eigenvalue weighted by molar-refractivity contribution is 6.29. The molecule has 9 heteroatoms. The molecule has 0 aliphatic carbocycles. The van der Waals surface area contributed by atoms with Crippen molar-refractivity contribution in [2.75, 3.05) is 23.3 Å². The molecule has 2 N–H and O–H groups in total. The molecule has 1 aromatic carbocycles. The fourth-order valence-corrected chi connectivity index (χ4v) is 4.42. The van der Waals surface area contributed by atoms with E-state index in [2.05, 4.69) is 15.2 Å². The lowest BCUT2D eigenvalue weighted by Crippen LogP contribution is -2.35. The predicted molar refractivity (Wildman–Crippen MR) is 126 cm³/mol. The number of carboxylic acid groups (broad SMARTS) is 1. The van der Waals surface area contributed by atoms with Gasteiger partial charge in [0.15, 0.2) is 5.69 Å². The van der Waals surface area contributed by atoms with Crippen molar-refractivity contribution in [3.8, 4) is 0 Å². The van der Waals surface area contributed by atoms with Crippen LogP contribution < -0.4 is 15.8 Å². The van der Waals surface area contributed by atoms with Crippen LogP contribution >= 0.6 is 11.6 Å². The highest BCUT2D eigenvalue weighted by Gasteiger charge is 2.22. The number of pyridine rings is 1. The number of fused-ring (bicyclic) bond motifs is 1. The van der Waals surface area contributed by atoms with Crippen LogP contribution in [0.4, 0.5) is 11.6 Å². The Morgan fingerprint density at radius 2 is 1.91 bits per heavy atom. The topological polar surface area (TPSA) is 100 Å². The first-order chi connectivity index (χ1) is 15.3. The fourth-order valence-electron chi connectivity index (χ4n) is 4.27. The lowest BCUT2D eigenvalue weighted by atomic mass is 10.0. The number of rotatable bonds is 5. The SMILES string of the molecule is Cc1cc(C(C)Nc2ccc(Cl)nc2C(=O)O)c2nc(N3CCCCC3)n(C)c(=O)c2c1. The van der Waals surface area contributed by atoms with Crippen molar-refractivity contribution < 1.29 is 9.90 Å². The van der Waals surface area contributed by atoms with Gasteiger partial charge < -0.3 is 15.3 Å². The molecule has 4 rings (SSSR count). The van der Waals surface area contributed by atoms with Crippen LogP contribution in [0.3, 0.4) is 0 Å². The number of aromatic nitrogens is 3. The molecule has 0 amide bonds. The number of hydrogen-bond donors (Lipinski definition) is 2. The summed E-state index contributed by atoms with van der Waals surface area (Å²) < 4.78 is 1.63. The Bertz CT molecular complexity index is 1250. The van der Waals surface area contributed by atoms with E-state index in [1.54, 1.807) is 23.7 Å². The van der Waals surface area contributed by atoms with Crippen LogP contribution in [0.2, 0.25) is 5.15 Å². The molecule has 0 bridgehead atoms. The number of benzene rings is 1. The molecule has 32 heavy (non-hydrogen) atoms. The van der Waals surface area contributed by atoms with E-state index in [1.165, 1.54) is 6.42 Å². The van der Waals surface area contributed by atoms with E-state index in [1.807, 2.05) is 26.0 Å². The molecule has 0 spiro atoms. The molecule has 1 aliphatic heterocycles. The first-order valence-corrected chi connectivity index (χ1v) is 11.1. The quantitative estimate of drug-likeness (QED) is 0.557. The van der Waals surface area contributed by atoms with Gasteiger partial charge in [-0.2, -0.15) is 0 Å². The number of nitrogens with one attached hydrogen (secondary N) is 1. The molecule has 3 aromatic rings. The Kier molecular flexibility index (Phi) is 6.06. The summed E-state index contributed by atoms with van der Waals surface area (Å²) in [5, 5.41) is 13.4. The molecular weight excluding hydrogens is 430 g/mol. The minimum Gasteiger partial charge on any atom is -0.476 e. The van der Waals surface area contributed by atoms with Crippen molar-refractivity contribution in [1.82, 2.24) is 14.5 Å². The first kappa shape index (κ1) is 22.1. The van der Waals surface area contributed by atoms with E-state index in [-0.39, 0.29) is 22.4 Å². The zero-order chi connectivity index (χ0) is 23.0. The van der Waals surface area contributed by atoms with Gasteiger partial charge >= 0.3 is 5.97 Å². The van der Waals surface area contributed by atoms with E-state index in [0.717, 1.165) is 37.1 Å². The third kappa shape index (κ3) is 4.14. The van der Waals surface area contributed by atoms with E-state index < -0.39 is 5.97 Å². The number of anilines is 2. The van der Waals surface area contributed by atoms with Gasteiger partial charge in [-0.1, -0.05) is 17.7 Å². The van der Waals surface area contributed by atoms with E-state index in [0.29, 0.717) is 22.5 Å². The summed E-state index contributed by atoms with van der Waals surface area (Å²) in [6.45, 7) is 5.59. The number of aryl methyl sites for hydroxylation is 1. The molecule has 0 saturated carbocycles. The van der Waals surface area contributed by atoms with Gasteiger partial charge in [-0.3, -0.25) is 9.36 Å². The minimum absolute atomic E-state index is 0.0906. The van der Waals surface area contributed by atoms with E-state index in [4.69, 9.17) is 16.6 Å². The average Bonchev–Trinajstić information content (AvgIpc) is 2.77. The number of carboxylic acids is 1. The maximum absolute atomic E-state index is 13.2. The van der Waals surface area contributed by atoms with Gasteiger partial charge in [0.05, 0.1) is 22.6 Å². The standard InChI is InChI=1S/C23H26ClN5O3/c1-13-11-15(14(2)25-17-7-8-18(24)26-20(17)22(31)32)19-16(12-13)21(30)28(3)23(27-19)29-9-5-4-6-10-29/h7-8,11-12,14,25H,4-6,9-10H2,1-3H3,(H,31,32). The molecule has 1 aliphatic rings. The van der Waals surface area contributed by atoms with Crippen LogP contribution in [0.5, 0.6) is 0 Å². The van der Waals surface area contributed by atoms with Gasteiger partial charge in [-0.05, 0) is 56.9 Å². The van der Waals surface area contributed by atoms with Crippen molar-refractivity contribution in [2.45, 2.75) is 39.2 Å². The fraction of sp³-hybridized carbons (Fsp3) is 0.391. The van der Waals surface area contributed by atoms with Gasteiger partial charge in [-0.25, -0.2) is 14.8 Å². The summed E-state index contributed by atoms with van der Waals surface area (Å²) in [7, 11) is 1.76. The monoisotopic (exact) mass is 455 g/mol. The number of piperidine rings is 1. The zero-order valence-corrected chi connectivity index (χ0v) is 19.1. The molecule has 1 atom stereocenters. The van der Waals surface area contributed by atoms with Crippen LogP contribution in [0.1, 0.15) is 53.8 Å². The second-order valence-corrected chi connectivity index (χ2v) is 8.66. The van der Waals surface area contributed by atoms with Crippen LogP contribution in [0.15, 0.2) is 29.1 Å². The third-order valence-corrected chi connectivity index (χ3v) is 6.08. The Hall–Kier alpha value is -3.13. The van der Waals surface area contributed by atoms with Crippen LogP contribution in [0, 0.1) is 6.92 Å². The van der Waals surface area contributed by atoms with Crippen molar-refractivity contribution in [3.63, 3.8) is 0 Å². The number of aromatic carboxylic acids is 1. The Balaban J connectivity index is 1.82. The highest BCUT2D eigenvalue weighted by atomic mass is 35.5. The number of halogens is 1. The first-order valence-electron chi connectivity index (χ1n) is 10.7. The van der Waals surface area contributed by atoms with Crippen LogP contribution in [-0.4, -0.2) is 38.7 Å². The maximum Gasteiger partial charge on any atom is 0.356 e. The molecular formula is C23H26ClN5O3. The maximum atomic E-state index is 13.2. The minimum atomic E-state index is -1.17. The number of hydrogen-bond acceptors (Lipinski definition) is 6. The number of carbonyl (C=O) groups is 1. The summed E-state index contributed by atoms with van der Waals surface area (Å²) in [5.41, 5.74) is 2.48. The molecule has 2 aromatic heterocycles. The Morgan fingerprint density at radius 1 is 1.19 bits per heavy atom. The van der Waals surface area contributed by atoms with Crippen molar-refractivity contribution in [2.24, 2.45) is 7.05 Å². The molecule has 8 nitrogen and oxygen atoms in total. The second kappa shape index (κ2) is 8.78. The largest absolute Gasteiger partial charge is 0.476 e. The molecule has 1 unspecified atom stereocenters. The summed E-state index contributed by atoms with van der Waals surface area (Å²) in [6, 6.07) is 6.65. The molecule has 0 radical (unpaired) electrons. The molecule has 168 valence electrons. The summed E-state index contributed by atoms with van der Waals surface area (Å²) in [4.78, 5) is 35.9. The molecule has 1 saturated heterocycles. The summed E-state index contributed by atoms with van der Waals surface area (Å²) in [6.07, 6.45) is 3.34. The van der Waals surface area contributed by atoms with Gasteiger partial charge in [-0.15, -0.1) is 0 Å². The van der Waals surface area contributed by atoms with Gasteiger partial charge in [0.1, 0.15) is 5.15 Å². The predicted octanol–water partition coefficient (Wildman–Crippen LogP) is 4.15. The Labute approximate surface area is 190 Å². The third-order valence-electron chi connectivity index (χ3n) is 5.87. The zero-order valence-electron chi connectivity index (χ0n) is 18.4.